The summed E-state index contributed by atoms with van der Waals surface area (Å²) in [6.45, 7) is 0. The van der Waals surface area contributed by atoms with Crippen molar-refractivity contribution < 1.29 is 4.74 Å². The van der Waals surface area contributed by atoms with Crippen LogP contribution in [0.15, 0.2) is 170 Å². The normalized spacial score (nSPS) is 12.0. The van der Waals surface area contributed by atoms with E-state index in [1.54, 1.807) is 0 Å². The molecule has 47 heavy (non-hydrogen) atoms. The Morgan fingerprint density at radius 1 is 0.319 bits per heavy atom. The van der Waals surface area contributed by atoms with Gasteiger partial charge in [0.25, 0.3) is 0 Å². The zero-order valence-electron chi connectivity index (χ0n) is 25.6. The molecular formula is C46H28O. The van der Waals surface area contributed by atoms with Crippen molar-refractivity contribution >= 4 is 43.1 Å². The molecule has 0 radical (unpaired) electrons. The van der Waals surface area contributed by atoms with Crippen molar-refractivity contribution in [3.05, 3.63) is 170 Å². The summed E-state index contributed by atoms with van der Waals surface area (Å²) >= 11 is 0. The van der Waals surface area contributed by atoms with Gasteiger partial charge in [-0.05, 0) is 77.7 Å². The second-order valence-corrected chi connectivity index (χ2v) is 12.4. The number of ether oxygens (including phenoxy) is 1. The Morgan fingerprint density at radius 3 is 1.57 bits per heavy atom. The molecule has 1 aliphatic rings. The van der Waals surface area contributed by atoms with Crippen molar-refractivity contribution in [2.45, 2.75) is 0 Å². The third-order valence-electron chi connectivity index (χ3n) is 9.84. The fourth-order valence-electron chi connectivity index (χ4n) is 7.80. The van der Waals surface area contributed by atoms with E-state index in [9.17, 15) is 0 Å². The highest BCUT2D eigenvalue weighted by Crippen LogP contribution is 2.53. The van der Waals surface area contributed by atoms with Crippen LogP contribution >= 0.6 is 0 Å². The molecule has 0 atom stereocenters. The van der Waals surface area contributed by atoms with E-state index in [1.807, 2.05) is 0 Å². The lowest BCUT2D eigenvalue weighted by Crippen LogP contribution is -2.00. The predicted octanol–water partition coefficient (Wildman–Crippen LogP) is 13.1. The molecule has 10 rings (SSSR count). The van der Waals surface area contributed by atoms with E-state index in [1.165, 1.54) is 76.5 Å². The van der Waals surface area contributed by atoms with Crippen LogP contribution in [0.25, 0.3) is 87.6 Å². The molecule has 218 valence electrons. The van der Waals surface area contributed by atoms with E-state index >= 15 is 0 Å². The van der Waals surface area contributed by atoms with Crippen LogP contribution in [-0.4, -0.2) is 0 Å². The minimum atomic E-state index is 0.910. The lowest BCUT2D eigenvalue weighted by Gasteiger charge is -2.25. The molecule has 1 heteroatoms. The molecule has 1 nitrogen and oxygen atoms in total. The fraction of sp³-hybridized carbons (Fsp3) is 0. The van der Waals surface area contributed by atoms with Crippen molar-refractivity contribution in [2.75, 3.05) is 0 Å². The molecular weight excluding hydrogens is 569 g/mol. The van der Waals surface area contributed by atoms with Crippen molar-refractivity contribution in [3.8, 4) is 56.0 Å². The first kappa shape index (κ1) is 26.1. The van der Waals surface area contributed by atoms with Gasteiger partial charge in [0.15, 0.2) is 0 Å². The number of rotatable bonds is 3. The highest BCUT2D eigenvalue weighted by atomic mass is 16.5. The molecule has 0 unspecified atom stereocenters. The van der Waals surface area contributed by atoms with E-state index < -0.39 is 0 Å². The van der Waals surface area contributed by atoms with Gasteiger partial charge >= 0.3 is 0 Å². The van der Waals surface area contributed by atoms with Gasteiger partial charge in [-0.2, -0.15) is 0 Å². The lowest BCUT2D eigenvalue weighted by molar-refractivity contribution is 0.489. The van der Waals surface area contributed by atoms with E-state index in [-0.39, 0.29) is 0 Å². The third-order valence-corrected chi connectivity index (χ3v) is 9.84. The maximum absolute atomic E-state index is 6.86. The van der Waals surface area contributed by atoms with Gasteiger partial charge in [0.2, 0.25) is 0 Å². The monoisotopic (exact) mass is 596 g/mol. The summed E-state index contributed by atoms with van der Waals surface area (Å²) in [5, 5.41) is 9.75. The summed E-state index contributed by atoms with van der Waals surface area (Å²) in [7, 11) is 0. The van der Waals surface area contributed by atoms with Gasteiger partial charge < -0.3 is 4.74 Å². The minimum Gasteiger partial charge on any atom is -0.455 e. The highest BCUT2D eigenvalue weighted by Gasteiger charge is 2.26. The van der Waals surface area contributed by atoms with Gasteiger partial charge in [0, 0.05) is 22.1 Å². The highest BCUT2D eigenvalue weighted by molar-refractivity contribution is 6.23. The van der Waals surface area contributed by atoms with Gasteiger partial charge in [-0.1, -0.05) is 158 Å². The molecule has 0 saturated carbocycles. The van der Waals surface area contributed by atoms with Crippen LogP contribution in [0.2, 0.25) is 0 Å². The average molecular weight is 597 g/mol. The van der Waals surface area contributed by atoms with E-state index in [2.05, 4.69) is 170 Å². The van der Waals surface area contributed by atoms with E-state index in [0.717, 1.165) is 22.6 Å². The quantitative estimate of drug-likeness (QED) is 0.184. The summed E-state index contributed by atoms with van der Waals surface area (Å²) in [6, 6.07) is 61.5. The minimum absolute atomic E-state index is 0.910. The van der Waals surface area contributed by atoms with E-state index in [0.29, 0.717) is 0 Å². The van der Waals surface area contributed by atoms with Crippen LogP contribution in [0.4, 0.5) is 0 Å². The molecule has 9 aromatic carbocycles. The summed E-state index contributed by atoms with van der Waals surface area (Å²) in [5.74, 6) is 1.82. The van der Waals surface area contributed by atoms with E-state index in [4.69, 9.17) is 4.74 Å². The fourth-order valence-corrected chi connectivity index (χ4v) is 7.80. The Morgan fingerprint density at radius 2 is 0.830 bits per heavy atom. The molecule has 0 fully saturated rings. The number of hydrogen-bond donors (Lipinski definition) is 0. The Kier molecular flexibility index (Phi) is 5.64. The summed E-state index contributed by atoms with van der Waals surface area (Å²) in [6.07, 6.45) is 0. The van der Waals surface area contributed by atoms with Gasteiger partial charge in [0.1, 0.15) is 11.5 Å². The summed E-state index contributed by atoms with van der Waals surface area (Å²) < 4.78 is 6.86. The first-order valence-electron chi connectivity index (χ1n) is 16.2. The average Bonchev–Trinajstić information content (AvgIpc) is 3.14. The summed E-state index contributed by atoms with van der Waals surface area (Å²) in [4.78, 5) is 0. The number of fused-ring (bicyclic) bond motifs is 5. The Bertz CT molecular complexity index is 2650. The van der Waals surface area contributed by atoms with Crippen molar-refractivity contribution in [1.29, 1.82) is 0 Å². The van der Waals surface area contributed by atoms with Gasteiger partial charge in [-0.15, -0.1) is 0 Å². The zero-order chi connectivity index (χ0) is 30.9. The Balaban J connectivity index is 1.27. The zero-order valence-corrected chi connectivity index (χ0v) is 25.6. The third kappa shape index (κ3) is 3.90. The maximum atomic E-state index is 6.86. The molecule has 0 saturated heterocycles. The molecule has 0 aromatic heterocycles. The van der Waals surface area contributed by atoms with Crippen molar-refractivity contribution in [1.82, 2.24) is 0 Å². The molecule has 0 aliphatic carbocycles. The molecule has 0 bridgehead atoms. The Hall–Kier alpha value is -6.18. The van der Waals surface area contributed by atoms with Gasteiger partial charge in [-0.3, -0.25) is 0 Å². The maximum Gasteiger partial charge on any atom is 0.143 e. The summed E-state index contributed by atoms with van der Waals surface area (Å²) in [5.41, 5.74) is 9.59. The number of para-hydroxylation sites is 1. The van der Waals surface area contributed by atoms with Crippen LogP contribution in [0, 0.1) is 0 Å². The van der Waals surface area contributed by atoms with Crippen LogP contribution in [0.1, 0.15) is 0 Å². The van der Waals surface area contributed by atoms with Crippen LogP contribution < -0.4 is 4.74 Å². The molecule has 0 spiro atoms. The van der Waals surface area contributed by atoms with Crippen LogP contribution in [0.3, 0.4) is 0 Å². The molecule has 1 heterocycles. The standard InChI is InChI=1S/C46H28O/c1-2-13-31-28-32(27-26-29(31)12-1)33-16-3-4-17-34(33)44-35-18-5-7-20-37(35)45(38-21-8-6-19-36(38)44)41-24-11-23-40-39-22-9-14-30-15-10-25-42(43(30)39)47-46(40)41/h1-28H. The topological polar surface area (TPSA) is 9.23 Å². The van der Waals surface area contributed by atoms with Gasteiger partial charge in [0.05, 0.1) is 0 Å². The first-order chi connectivity index (χ1) is 23.3. The molecule has 0 amide bonds. The van der Waals surface area contributed by atoms with Crippen molar-refractivity contribution in [3.63, 3.8) is 0 Å². The van der Waals surface area contributed by atoms with Gasteiger partial charge in [-0.25, -0.2) is 0 Å². The molecule has 1 aliphatic heterocycles. The smallest absolute Gasteiger partial charge is 0.143 e. The second kappa shape index (κ2) is 10.2. The molecule has 9 aromatic rings. The number of hydrogen-bond acceptors (Lipinski definition) is 1. The SMILES string of the molecule is c1ccc(-c2c3ccccc3c(-c3cccc4c3Oc3cccc5cccc-4c35)c3ccccc23)c(-c2ccc3ccccc3c2)c1. The largest absolute Gasteiger partial charge is 0.455 e. The predicted molar refractivity (Wildman–Crippen MR) is 198 cm³/mol. The van der Waals surface area contributed by atoms with Crippen LogP contribution in [-0.2, 0) is 0 Å². The van der Waals surface area contributed by atoms with Crippen molar-refractivity contribution in [2.24, 2.45) is 0 Å². The Labute approximate surface area is 272 Å². The number of benzene rings is 9. The second-order valence-electron chi connectivity index (χ2n) is 12.4. The lowest BCUT2D eigenvalue weighted by atomic mass is 9.82. The first-order valence-corrected chi connectivity index (χ1v) is 16.2. The van der Waals surface area contributed by atoms with Crippen LogP contribution in [0.5, 0.6) is 11.5 Å². The molecule has 0 N–H and O–H groups in total.